The summed E-state index contributed by atoms with van der Waals surface area (Å²) in [5.74, 6) is 0. The molecule has 0 N–H and O–H groups in total. The number of aryl methyl sites for hydroxylation is 2. The second kappa shape index (κ2) is 4.94. The van der Waals surface area contributed by atoms with Gasteiger partial charge in [-0.3, -0.25) is 0 Å². The Morgan fingerprint density at radius 2 is 2.00 bits per heavy atom. The first kappa shape index (κ1) is 12.2. The van der Waals surface area contributed by atoms with E-state index >= 15 is 0 Å². The van der Waals surface area contributed by atoms with Crippen molar-refractivity contribution in [2.24, 2.45) is 6.66 Å². The van der Waals surface area contributed by atoms with E-state index in [4.69, 9.17) is 0 Å². The van der Waals surface area contributed by atoms with Gasteiger partial charge in [-0.25, -0.2) is 0 Å². The number of rotatable bonds is 2. The van der Waals surface area contributed by atoms with Crippen molar-refractivity contribution in [3.05, 3.63) is 52.8 Å². The Hall–Kier alpha value is -1.26. The van der Waals surface area contributed by atoms with Crippen LogP contribution in [0.4, 0.5) is 0 Å². The Morgan fingerprint density at radius 3 is 2.71 bits per heavy atom. The van der Waals surface area contributed by atoms with Crippen molar-refractivity contribution in [2.45, 2.75) is 20.8 Å². The van der Waals surface area contributed by atoms with Gasteiger partial charge in [0.05, 0.1) is 0 Å². The fourth-order valence-electron chi connectivity index (χ4n) is 2.14. The molecule has 1 heterocycles. The van der Waals surface area contributed by atoms with Crippen LogP contribution in [0.3, 0.4) is 0 Å². The molecule has 0 aliphatic carbocycles. The Morgan fingerprint density at radius 1 is 1.24 bits per heavy atom. The lowest BCUT2D eigenvalue weighted by Crippen LogP contribution is -1.67. The molecule has 1 aromatic carbocycles. The highest BCUT2D eigenvalue weighted by molar-refractivity contribution is 7.55. The van der Waals surface area contributed by atoms with Gasteiger partial charge in [-0.2, -0.15) is 0 Å². The van der Waals surface area contributed by atoms with Crippen LogP contribution in [0.25, 0.3) is 16.6 Å². The van der Waals surface area contributed by atoms with Crippen LogP contribution in [0.5, 0.6) is 0 Å². The number of benzene rings is 1. The van der Waals surface area contributed by atoms with E-state index in [9.17, 15) is 0 Å². The van der Waals surface area contributed by atoms with Crippen molar-refractivity contribution in [1.82, 2.24) is 0 Å². The van der Waals surface area contributed by atoms with Gasteiger partial charge >= 0.3 is 0 Å². The molecule has 0 bridgehead atoms. The van der Waals surface area contributed by atoms with Gasteiger partial charge in [0.2, 0.25) is 0 Å². The van der Waals surface area contributed by atoms with Crippen molar-refractivity contribution in [1.29, 1.82) is 0 Å². The fraction of sp³-hybridized carbons (Fsp3) is 0.250. The normalized spacial score (nSPS) is 13.9. The van der Waals surface area contributed by atoms with Crippen LogP contribution in [-0.2, 0) is 6.66 Å². The van der Waals surface area contributed by atoms with Gasteiger partial charge in [-0.05, 0) is 56.3 Å². The summed E-state index contributed by atoms with van der Waals surface area (Å²) in [6.45, 7) is 8.75. The maximum absolute atomic E-state index is 2.35. The second-order valence-corrected chi connectivity index (χ2v) is 6.70. The van der Waals surface area contributed by atoms with Gasteiger partial charge in [0.15, 0.2) is 0 Å². The summed E-state index contributed by atoms with van der Waals surface area (Å²) in [5.41, 5.74) is 2.69. The molecule has 17 heavy (non-hydrogen) atoms. The highest BCUT2D eigenvalue weighted by Gasteiger charge is 2.04. The van der Waals surface area contributed by atoms with Crippen LogP contribution >= 0.6 is 7.53 Å². The summed E-state index contributed by atoms with van der Waals surface area (Å²) in [4.78, 5) is 0. The highest BCUT2D eigenvalue weighted by atomic mass is 31.1. The topological polar surface area (TPSA) is 0 Å². The van der Waals surface area contributed by atoms with Crippen molar-refractivity contribution in [3.8, 4) is 0 Å². The summed E-state index contributed by atoms with van der Waals surface area (Å²) in [6, 6.07) is 9.12. The third kappa shape index (κ3) is 2.53. The van der Waals surface area contributed by atoms with Gasteiger partial charge in [-0.15, -0.1) is 7.53 Å². The zero-order chi connectivity index (χ0) is 12.4. The van der Waals surface area contributed by atoms with Crippen LogP contribution in [-0.4, -0.2) is 0 Å². The maximum Gasteiger partial charge on any atom is 0.00175 e. The molecule has 1 heteroatoms. The zero-order valence-corrected chi connectivity index (χ0v) is 11.9. The zero-order valence-electron chi connectivity index (χ0n) is 11.0. The van der Waals surface area contributed by atoms with Crippen molar-refractivity contribution >= 4 is 24.1 Å². The summed E-state index contributed by atoms with van der Waals surface area (Å²) < 4.78 is 0. The van der Waals surface area contributed by atoms with Crippen LogP contribution in [0.2, 0.25) is 0 Å². The van der Waals surface area contributed by atoms with Crippen LogP contribution < -0.4 is 0 Å². The minimum atomic E-state index is -0.153. The molecule has 0 radical (unpaired) electrons. The van der Waals surface area contributed by atoms with Gasteiger partial charge in [0, 0.05) is 5.12 Å². The smallest absolute Gasteiger partial charge is 0.00175 e. The molecular formula is C16H19P. The van der Waals surface area contributed by atoms with E-state index in [2.05, 4.69) is 69.9 Å². The van der Waals surface area contributed by atoms with E-state index in [0.29, 0.717) is 0 Å². The van der Waals surface area contributed by atoms with E-state index in [-0.39, 0.29) is 7.53 Å². The van der Waals surface area contributed by atoms with Crippen molar-refractivity contribution in [2.75, 3.05) is 0 Å². The molecule has 0 saturated carbocycles. The number of allylic oxidation sites excluding steroid dienone is 3. The van der Waals surface area contributed by atoms with E-state index < -0.39 is 0 Å². The quantitative estimate of drug-likeness (QED) is 0.597. The van der Waals surface area contributed by atoms with Gasteiger partial charge < -0.3 is 0 Å². The molecule has 2 aromatic rings. The Bertz CT molecular complexity index is 597. The Kier molecular flexibility index (Phi) is 3.54. The molecule has 0 spiro atoms. The molecule has 2 rings (SSSR count). The SMILES string of the molecule is C/C=C\C(C)=C/c1cc2ccc(C)cc2p1C. The highest BCUT2D eigenvalue weighted by Crippen LogP contribution is 2.42. The summed E-state index contributed by atoms with van der Waals surface area (Å²) in [6.07, 6.45) is 6.58. The first-order valence-electron chi connectivity index (χ1n) is 5.99. The van der Waals surface area contributed by atoms with Crippen LogP contribution in [0.15, 0.2) is 42.0 Å². The number of hydrogen-bond acceptors (Lipinski definition) is 0. The molecule has 0 aliphatic rings. The Labute approximate surface area is 105 Å². The molecule has 0 saturated heterocycles. The van der Waals surface area contributed by atoms with E-state index in [1.807, 2.05) is 0 Å². The molecule has 1 unspecified atom stereocenters. The van der Waals surface area contributed by atoms with Crippen LogP contribution in [0.1, 0.15) is 24.7 Å². The van der Waals surface area contributed by atoms with E-state index in [1.54, 1.807) is 0 Å². The van der Waals surface area contributed by atoms with E-state index in [1.165, 1.54) is 26.9 Å². The minimum Gasteiger partial charge on any atom is -0.113 e. The maximum atomic E-state index is 2.35. The number of fused-ring (bicyclic) bond motifs is 1. The molecule has 1 atom stereocenters. The van der Waals surface area contributed by atoms with Gasteiger partial charge in [-0.1, -0.05) is 35.4 Å². The third-order valence-electron chi connectivity index (χ3n) is 3.04. The van der Waals surface area contributed by atoms with Gasteiger partial charge in [0.1, 0.15) is 0 Å². The molecule has 1 aromatic heterocycles. The Balaban J connectivity index is 2.56. The predicted octanol–water partition coefficient (Wildman–Crippen LogP) is 5.65. The first-order valence-corrected chi connectivity index (χ1v) is 7.78. The fourth-order valence-corrected chi connectivity index (χ4v) is 4.08. The van der Waals surface area contributed by atoms with Crippen molar-refractivity contribution in [3.63, 3.8) is 0 Å². The molecule has 0 nitrogen and oxygen atoms in total. The minimum absolute atomic E-state index is 0.153. The number of hydrogen-bond donors (Lipinski definition) is 0. The summed E-state index contributed by atoms with van der Waals surface area (Å²) >= 11 is 0. The monoisotopic (exact) mass is 242 g/mol. The first-order chi connectivity index (χ1) is 8.11. The lowest BCUT2D eigenvalue weighted by atomic mass is 10.2. The van der Waals surface area contributed by atoms with Crippen molar-refractivity contribution < 1.29 is 0 Å². The molecular weight excluding hydrogens is 223 g/mol. The second-order valence-electron chi connectivity index (χ2n) is 4.58. The molecule has 0 amide bonds. The predicted molar refractivity (Wildman–Crippen MR) is 80.8 cm³/mol. The molecule has 0 aliphatic heterocycles. The summed E-state index contributed by atoms with van der Waals surface area (Å²) in [5, 5.41) is 4.42. The largest absolute Gasteiger partial charge is 0.113 e. The average Bonchev–Trinajstić information content (AvgIpc) is 2.57. The lowest BCUT2D eigenvalue weighted by Gasteiger charge is -1.97. The van der Waals surface area contributed by atoms with Gasteiger partial charge in [0.25, 0.3) is 0 Å². The third-order valence-corrected chi connectivity index (χ3v) is 5.19. The standard InChI is InChI=1S/C16H19P/c1-5-6-12(2)9-15-11-14-8-7-13(3)10-16(14)17(15)4/h5-11H,1-4H3/b6-5-,12-9-. The van der Waals surface area contributed by atoms with Crippen LogP contribution in [0, 0.1) is 6.92 Å². The average molecular weight is 242 g/mol. The lowest BCUT2D eigenvalue weighted by molar-refractivity contribution is 1.52. The molecule has 88 valence electrons. The summed E-state index contributed by atoms with van der Waals surface area (Å²) in [7, 11) is -0.153. The molecule has 0 fully saturated rings. The van der Waals surface area contributed by atoms with E-state index in [0.717, 1.165) is 0 Å².